The van der Waals surface area contributed by atoms with E-state index in [0.717, 1.165) is 19.3 Å². The van der Waals surface area contributed by atoms with Crippen molar-refractivity contribution in [2.24, 2.45) is 11.8 Å². The first-order valence-corrected chi connectivity index (χ1v) is 3.87. The molecule has 2 aliphatic carbocycles. The molecule has 2 atom stereocenters. The van der Waals surface area contributed by atoms with Crippen molar-refractivity contribution in [2.75, 3.05) is 0 Å². The van der Waals surface area contributed by atoms with Crippen LogP contribution in [0, 0.1) is 17.8 Å². The largest absolute Gasteiger partial charge is 0.481 e. The van der Waals surface area contributed by atoms with Crippen molar-refractivity contribution in [3.8, 4) is 0 Å². The molecule has 0 amide bonds. The van der Waals surface area contributed by atoms with Crippen molar-refractivity contribution in [2.45, 2.75) is 25.7 Å². The Morgan fingerprint density at radius 3 is 2.90 bits per heavy atom. The van der Waals surface area contributed by atoms with Gasteiger partial charge in [0, 0.05) is 0 Å². The van der Waals surface area contributed by atoms with E-state index in [1.807, 2.05) is 0 Å². The second-order valence-electron chi connectivity index (χ2n) is 3.30. The van der Waals surface area contributed by atoms with E-state index in [9.17, 15) is 4.79 Å². The Labute approximate surface area is 60.2 Å². The van der Waals surface area contributed by atoms with Crippen LogP contribution in [0.1, 0.15) is 25.7 Å². The number of aliphatic carboxylic acids is 1. The third-order valence-electron chi connectivity index (χ3n) is 2.64. The van der Waals surface area contributed by atoms with Crippen LogP contribution < -0.4 is 0 Å². The Bertz CT molecular complexity index is 165. The van der Waals surface area contributed by atoms with Crippen LogP contribution >= 0.6 is 0 Å². The van der Waals surface area contributed by atoms with Gasteiger partial charge in [0.1, 0.15) is 0 Å². The topological polar surface area (TPSA) is 37.3 Å². The van der Waals surface area contributed by atoms with Gasteiger partial charge in [0.15, 0.2) is 0 Å². The molecule has 0 aromatic heterocycles. The first kappa shape index (κ1) is 6.20. The number of carbonyl (C=O) groups is 1. The molecule has 2 fully saturated rings. The first-order valence-electron chi connectivity index (χ1n) is 3.87. The van der Waals surface area contributed by atoms with Crippen molar-refractivity contribution in [1.29, 1.82) is 0 Å². The van der Waals surface area contributed by atoms with Crippen LogP contribution in [0.5, 0.6) is 0 Å². The van der Waals surface area contributed by atoms with Crippen LogP contribution in [0.4, 0.5) is 0 Å². The van der Waals surface area contributed by atoms with Gasteiger partial charge in [-0.1, -0.05) is 6.42 Å². The number of rotatable bonds is 1. The molecule has 0 saturated heterocycles. The minimum Gasteiger partial charge on any atom is -0.481 e. The molecule has 2 aliphatic rings. The molecule has 0 heterocycles. The fourth-order valence-electron chi connectivity index (χ4n) is 1.98. The second kappa shape index (κ2) is 1.97. The Kier molecular flexibility index (Phi) is 1.22. The lowest BCUT2D eigenvalue weighted by atomic mass is 9.89. The molecule has 1 radical (unpaired) electrons. The minimum absolute atomic E-state index is 0.0706. The predicted molar refractivity (Wildman–Crippen MR) is 36.3 cm³/mol. The highest BCUT2D eigenvalue weighted by molar-refractivity contribution is 5.74. The molecule has 2 rings (SSSR count). The fraction of sp³-hybridized carbons (Fsp3) is 0.750. The third kappa shape index (κ3) is 0.825. The molecule has 2 saturated carbocycles. The van der Waals surface area contributed by atoms with Gasteiger partial charge in [-0.2, -0.15) is 0 Å². The van der Waals surface area contributed by atoms with Gasteiger partial charge < -0.3 is 5.11 Å². The summed E-state index contributed by atoms with van der Waals surface area (Å²) < 4.78 is 0. The van der Waals surface area contributed by atoms with E-state index in [1.165, 1.54) is 12.3 Å². The zero-order valence-corrected chi connectivity index (χ0v) is 5.84. The molecule has 10 heavy (non-hydrogen) atoms. The van der Waals surface area contributed by atoms with Gasteiger partial charge in [-0.05, 0) is 31.1 Å². The lowest BCUT2D eigenvalue weighted by molar-refractivity contribution is -0.141. The summed E-state index contributed by atoms with van der Waals surface area (Å²) in [5.41, 5.74) is 0. The van der Waals surface area contributed by atoms with Crippen molar-refractivity contribution in [1.82, 2.24) is 0 Å². The molecule has 0 aliphatic heterocycles. The van der Waals surface area contributed by atoms with Crippen LogP contribution in [0.2, 0.25) is 0 Å². The van der Waals surface area contributed by atoms with Crippen LogP contribution in [0.25, 0.3) is 0 Å². The minimum atomic E-state index is -0.600. The van der Waals surface area contributed by atoms with Gasteiger partial charge in [0.05, 0.1) is 5.92 Å². The highest BCUT2D eigenvalue weighted by Gasteiger charge is 2.48. The van der Waals surface area contributed by atoms with Crippen LogP contribution in [-0.4, -0.2) is 11.1 Å². The number of hydrogen-bond donors (Lipinski definition) is 1. The molecule has 0 bridgehead atoms. The summed E-state index contributed by atoms with van der Waals surface area (Å²) in [7, 11) is 0. The van der Waals surface area contributed by atoms with E-state index in [1.54, 1.807) is 0 Å². The molecule has 55 valence electrons. The maximum atomic E-state index is 10.6. The summed E-state index contributed by atoms with van der Waals surface area (Å²) >= 11 is 0. The van der Waals surface area contributed by atoms with Gasteiger partial charge in [-0.3, -0.25) is 4.79 Å². The standard InChI is InChI=1S/C8H11O2/c9-8(10)6-3-1-2-5-4-7(5)6/h5-6H,1-4H2,(H,9,10). The van der Waals surface area contributed by atoms with Gasteiger partial charge in [0.2, 0.25) is 0 Å². The molecule has 1 N–H and O–H groups in total. The number of carboxylic acid groups (broad SMARTS) is 1. The second-order valence-corrected chi connectivity index (χ2v) is 3.30. The van der Waals surface area contributed by atoms with Crippen LogP contribution in [0.3, 0.4) is 0 Å². The quantitative estimate of drug-likeness (QED) is 0.597. The Morgan fingerprint density at radius 2 is 2.30 bits per heavy atom. The maximum Gasteiger partial charge on any atom is 0.307 e. The molecule has 2 nitrogen and oxygen atoms in total. The summed E-state index contributed by atoms with van der Waals surface area (Å²) in [6.07, 6.45) is 4.36. The lowest BCUT2D eigenvalue weighted by Gasteiger charge is -2.15. The third-order valence-corrected chi connectivity index (χ3v) is 2.64. The zero-order chi connectivity index (χ0) is 7.14. The molecule has 0 aromatic carbocycles. The van der Waals surface area contributed by atoms with E-state index in [4.69, 9.17) is 5.11 Å². The van der Waals surface area contributed by atoms with Gasteiger partial charge in [-0.25, -0.2) is 0 Å². The number of carboxylic acids is 1. The Balaban J connectivity index is 2.02. The van der Waals surface area contributed by atoms with Gasteiger partial charge in [-0.15, -0.1) is 0 Å². The van der Waals surface area contributed by atoms with E-state index in [0.29, 0.717) is 5.92 Å². The monoisotopic (exact) mass is 139 g/mol. The molecule has 0 aromatic rings. The Hall–Kier alpha value is -0.530. The average Bonchev–Trinajstić information content (AvgIpc) is 2.63. The maximum absolute atomic E-state index is 10.6. The number of fused-ring (bicyclic) bond motifs is 1. The molecular formula is C8H11O2. The van der Waals surface area contributed by atoms with E-state index in [2.05, 4.69) is 0 Å². The summed E-state index contributed by atoms with van der Waals surface area (Å²) in [4.78, 5) is 10.6. The van der Waals surface area contributed by atoms with Crippen molar-refractivity contribution >= 4 is 5.97 Å². The summed E-state index contributed by atoms with van der Waals surface area (Å²) in [5, 5.41) is 8.71. The van der Waals surface area contributed by atoms with E-state index >= 15 is 0 Å². The van der Waals surface area contributed by atoms with Gasteiger partial charge >= 0.3 is 5.97 Å². The predicted octanol–water partition coefficient (Wildman–Crippen LogP) is 1.47. The highest BCUT2D eigenvalue weighted by atomic mass is 16.4. The van der Waals surface area contributed by atoms with E-state index in [-0.39, 0.29) is 5.92 Å². The smallest absolute Gasteiger partial charge is 0.307 e. The van der Waals surface area contributed by atoms with Crippen molar-refractivity contribution in [3.63, 3.8) is 0 Å². The van der Waals surface area contributed by atoms with Crippen LogP contribution in [-0.2, 0) is 4.79 Å². The van der Waals surface area contributed by atoms with Crippen molar-refractivity contribution in [3.05, 3.63) is 5.92 Å². The zero-order valence-electron chi connectivity index (χ0n) is 5.84. The first-order chi connectivity index (χ1) is 4.79. The van der Waals surface area contributed by atoms with E-state index < -0.39 is 5.97 Å². The SMILES string of the molecule is O=C(O)C1CCCC2C[C]21. The fourth-order valence-corrected chi connectivity index (χ4v) is 1.98. The normalized spacial score (nSPS) is 38.8. The van der Waals surface area contributed by atoms with Crippen molar-refractivity contribution < 1.29 is 9.90 Å². The molecular weight excluding hydrogens is 128 g/mol. The number of hydrogen-bond acceptors (Lipinski definition) is 1. The average molecular weight is 139 g/mol. The summed E-state index contributed by atoms with van der Waals surface area (Å²) in [6, 6.07) is 0. The summed E-state index contributed by atoms with van der Waals surface area (Å²) in [6.45, 7) is 0. The summed E-state index contributed by atoms with van der Waals surface area (Å²) in [5.74, 6) is 1.35. The van der Waals surface area contributed by atoms with Crippen LogP contribution in [0.15, 0.2) is 0 Å². The molecule has 2 unspecified atom stereocenters. The molecule has 2 heteroatoms. The lowest BCUT2D eigenvalue weighted by Crippen LogP contribution is -2.18. The Morgan fingerprint density at radius 1 is 1.50 bits per heavy atom. The van der Waals surface area contributed by atoms with Gasteiger partial charge in [0.25, 0.3) is 0 Å². The molecule has 0 spiro atoms. The highest BCUT2D eigenvalue weighted by Crippen LogP contribution is 2.54.